The van der Waals surface area contributed by atoms with Crippen LogP contribution in [-0.4, -0.2) is 25.2 Å². The fraction of sp³-hybridized carbons (Fsp3) is 0.353. The van der Waals surface area contributed by atoms with Crippen LogP contribution in [0, 0.1) is 0 Å². The summed E-state index contributed by atoms with van der Waals surface area (Å²) in [6.07, 6.45) is 3.57. The summed E-state index contributed by atoms with van der Waals surface area (Å²) < 4.78 is 11.4. The molecule has 6 heteroatoms. The smallest absolute Gasteiger partial charge is 0.267 e. The molecule has 1 aliphatic heterocycles. The maximum atomic E-state index is 12.1. The van der Waals surface area contributed by atoms with Crippen LogP contribution in [0.5, 0.6) is 5.75 Å². The average Bonchev–Trinajstić information content (AvgIpc) is 3.01. The Kier molecular flexibility index (Phi) is 5.54. The van der Waals surface area contributed by atoms with Crippen molar-refractivity contribution in [2.45, 2.75) is 25.4 Å². The van der Waals surface area contributed by atoms with Crippen molar-refractivity contribution in [1.29, 1.82) is 0 Å². The molecule has 0 radical (unpaired) electrons. The summed E-state index contributed by atoms with van der Waals surface area (Å²) in [5.41, 5.74) is 0.709. The Morgan fingerprint density at radius 1 is 1.30 bits per heavy atom. The molecule has 1 fully saturated rings. The Morgan fingerprint density at radius 2 is 2.13 bits per heavy atom. The number of carbonyl (C=O) groups excluding carboxylic acids is 1. The molecule has 1 aliphatic rings. The van der Waals surface area contributed by atoms with Crippen LogP contribution in [0.25, 0.3) is 0 Å². The van der Waals surface area contributed by atoms with Gasteiger partial charge in [-0.3, -0.25) is 4.79 Å². The minimum Gasteiger partial charge on any atom is -0.491 e. The first kappa shape index (κ1) is 16.3. The van der Waals surface area contributed by atoms with Crippen molar-refractivity contribution in [3.8, 4) is 5.75 Å². The van der Waals surface area contributed by atoms with Gasteiger partial charge in [-0.2, -0.15) is 0 Å². The number of thiophene rings is 1. The molecule has 0 saturated carbocycles. The Bertz CT molecular complexity index is 650. The summed E-state index contributed by atoms with van der Waals surface area (Å²) in [4.78, 5) is 12.6. The van der Waals surface area contributed by atoms with Gasteiger partial charge in [0, 0.05) is 12.3 Å². The van der Waals surface area contributed by atoms with Crippen molar-refractivity contribution in [3.63, 3.8) is 0 Å². The second-order valence-electron chi connectivity index (χ2n) is 5.38. The van der Waals surface area contributed by atoms with E-state index in [1.807, 2.05) is 24.3 Å². The molecule has 2 aromatic rings. The molecule has 1 saturated heterocycles. The lowest BCUT2D eigenvalue weighted by Crippen LogP contribution is -2.25. The molecule has 4 nitrogen and oxygen atoms in total. The summed E-state index contributed by atoms with van der Waals surface area (Å²) in [5, 5.41) is 5.09. The van der Waals surface area contributed by atoms with E-state index in [2.05, 4.69) is 5.32 Å². The van der Waals surface area contributed by atoms with Crippen molar-refractivity contribution < 1.29 is 14.3 Å². The van der Waals surface area contributed by atoms with Gasteiger partial charge in [0.2, 0.25) is 0 Å². The topological polar surface area (TPSA) is 47.6 Å². The van der Waals surface area contributed by atoms with Gasteiger partial charge in [-0.25, -0.2) is 0 Å². The summed E-state index contributed by atoms with van der Waals surface area (Å²) in [6.45, 7) is 1.39. The Morgan fingerprint density at radius 3 is 2.78 bits per heavy atom. The van der Waals surface area contributed by atoms with Gasteiger partial charge in [0.1, 0.15) is 17.2 Å². The van der Waals surface area contributed by atoms with Crippen LogP contribution in [0.15, 0.2) is 35.7 Å². The van der Waals surface area contributed by atoms with Crippen molar-refractivity contribution in [2.24, 2.45) is 0 Å². The lowest BCUT2D eigenvalue weighted by Gasteiger charge is -2.22. The molecule has 0 spiro atoms. The number of anilines is 1. The minimum absolute atomic E-state index is 0.184. The van der Waals surface area contributed by atoms with Crippen LogP contribution < -0.4 is 10.1 Å². The molecule has 23 heavy (non-hydrogen) atoms. The van der Waals surface area contributed by atoms with E-state index >= 15 is 0 Å². The molecule has 0 aliphatic carbocycles. The molecular formula is C17H18ClNO3S. The number of hydrogen-bond acceptors (Lipinski definition) is 4. The molecule has 0 bridgehead atoms. The van der Waals surface area contributed by atoms with Crippen LogP contribution in [-0.2, 0) is 4.74 Å². The third kappa shape index (κ3) is 4.47. The van der Waals surface area contributed by atoms with Crippen molar-refractivity contribution >= 4 is 34.5 Å². The monoisotopic (exact) mass is 351 g/mol. The highest BCUT2D eigenvalue weighted by Crippen LogP contribution is 2.24. The highest BCUT2D eigenvalue weighted by atomic mass is 35.5. The highest BCUT2D eigenvalue weighted by molar-refractivity contribution is 7.12. The van der Waals surface area contributed by atoms with Gasteiger partial charge >= 0.3 is 0 Å². The first-order chi connectivity index (χ1) is 11.2. The summed E-state index contributed by atoms with van der Waals surface area (Å²) >= 11 is 7.28. The van der Waals surface area contributed by atoms with Gasteiger partial charge in [0.05, 0.1) is 11.1 Å². The van der Waals surface area contributed by atoms with Crippen LogP contribution in [0.3, 0.4) is 0 Å². The second kappa shape index (κ2) is 7.81. The molecule has 1 aromatic heterocycles. The second-order valence-corrected chi connectivity index (χ2v) is 6.70. The van der Waals surface area contributed by atoms with E-state index < -0.39 is 0 Å². The van der Waals surface area contributed by atoms with Crippen molar-refractivity contribution in [1.82, 2.24) is 0 Å². The molecule has 122 valence electrons. The van der Waals surface area contributed by atoms with Gasteiger partial charge in [-0.05, 0) is 55.0 Å². The zero-order valence-corrected chi connectivity index (χ0v) is 14.2. The zero-order chi connectivity index (χ0) is 16.1. The Hall–Kier alpha value is -1.56. The average molecular weight is 352 g/mol. The lowest BCUT2D eigenvalue weighted by molar-refractivity contribution is -0.0110. The van der Waals surface area contributed by atoms with Gasteiger partial charge in [0.25, 0.3) is 5.91 Å². The van der Waals surface area contributed by atoms with Crippen LogP contribution in [0.4, 0.5) is 5.69 Å². The quantitative estimate of drug-likeness (QED) is 0.856. The van der Waals surface area contributed by atoms with Crippen LogP contribution in [0.1, 0.15) is 28.9 Å². The standard InChI is InChI=1S/C17H18ClNO3S/c18-15-8-10-23-16(15)17(20)19-12-4-6-13(7-5-12)22-11-14-3-1-2-9-21-14/h4-8,10,14H,1-3,9,11H2,(H,19,20). The van der Waals surface area contributed by atoms with Crippen LogP contribution >= 0.6 is 22.9 Å². The summed E-state index contributed by atoms with van der Waals surface area (Å²) in [5.74, 6) is 0.570. The van der Waals surface area contributed by atoms with Gasteiger partial charge in [-0.1, -0.05) is 11.6 Å². The van der Waals surface area contributed by atoms with Gasteiger partial charge < -0.3 is 14.8 Å². The molecular weight excluding hydrogens is 334 g/mol. The number of amides is 1. The number of nitrogens with one attached hydrogen (secondary N) is 1. The van der Waals surface area contributed by atoms with E-state index in [0.717, 1.165) is 25.2 Å². The lowest BCUT2D eigenvalue weighted by atomic mass is 10.1. The Labute approximate surface area is 144 Å². The minimum atomic E-state index is -0.200. The fourth-order valence-electron chi connectivity index (χ4n) is 2.41. The molecule has 2 heterocycles. The number of rotatable bonds is 5. The SMILES string of the molecule is O=C(Nc1ccc(OCC2CCCCO2)cc1)c1sccc1Cl. The van der Waals surface area contributed by atoms with Crippen LogP contribution in [0.2, 0.25) is 5.02 Å². The van der Waals surface area contributed by atoms with E-state index in [0.29, 0.717) is 22.2 Å². The maximum Gasteiger partial charge on any atom is 0.267 e. The highest BCUT2D eigenvalue weighted by Gasteiger charge is 2.15. The largest absolute Gasteiger partial charge is 0.491 e. The molecule has 1 aromatic carbocycles. The zero-order valence-electron chi connectivity index (χ0n) is 12.6. The molecule has 3 rings (SSSR count). The predicted molar refractivity (Wildman–Crippen MR) is 92.8 cm³/mol. The molecule has 1 atom stereocenters. The molecule has 1 N–H and O–H groups in total. The van der Waals surface area contributed by atoms with E-state index in [9.17, 15) is 4.79 Å². The number of hydrogen-bond donors (Lipinski definition) is 1. The third-order valence-corrected chi connectivity index (χ3v) is 4.99. The molecule has 1 amide bonds. The Balaban J connectivity index is 1.52. The first-order valence-electron chi connectivity index (χ1n) is 7.61. The van der Waals surface area contributed by atoms with E-state index in [4.69, 9.17) is 21.1 Å². The van der Waals surface area contributed by atoms with Gasteiger partial charge in [-0.15, -0.1) is 11.3 Å². The summed E-state index contributed by atoms with van der Waals surface area (Å²) in [6, 6.07) is 9.03. The van der Waals surface area contributed by atoms with E-state index in [1.54, 1.807) is 11.4 Å². The first-order valence-corrected chi connectivity index (χ1v) is 8.87. The van der Waals surface area contributed by atoms with Gasteiger partial charge in [0.15, 0.2) is 0 Å². The predicted octanol–water partition coefficient (Wildman–Crippen LogP) is 4.60. The third-order valence-electron chi connectivity index (χ3n) is 3.65. The van der Waals surface area contributed by atoms with Crippen molar-refractivity contribution in [3.05, 3.63) is 45.6 Å². The normalized spacial score (nSPS) is 17.7. The number of ether oxygens (including phenoxy) is 2. The number of carbonyl (C=O) groups is 1. The molecule has 1 unspecified atom stereocenters. The maximum absolute atomic E-state index is 12.1. The van der Waals surface area contributed by atoms with E-state index in [-0.39, 0.29) is 12.0 Å². The number of halogens is 1. The summed E-state index contributed by atoms with van der Waals surface area (Å²) in [7, 11) is 0. The van der Waals surface area contributed by atoms with E-state index in [1.165, 1.54) is 17.8 Å². The fourth-order valence-corrected chi connectivity index (χ4v) is 3.44. The van der Waals surface area contributed by atoms with Crippen molar-refractivity contribution in [2.75, 3.05) is 18.5 Å². The number of benzene rings is 1.